The Morgan fingerprint density at radius 2 is 1.03 bits per heavy atom. The summed E-state index contributed by atoms with van der Waals surface area (Å²) in [7, 11) is 0. The lowest BCUT2D eigenvalue weighted by atomic mass is 9.59. The van der Waals surface area contributed by atoms with Gasteiger partial charge >= 0.3 is 0 Å². The summed E-state index contributed by atoms with van der Waals surface area (Å²) in [5, 5.41) is 4.68. The van der Waals surface area contributed by atoms with E-state index in [-0.39, 0.29) is 10.8 Å². The van der Waals surface area contributed by atoms with Gasteiger partial charge < -0.3 is 9.32 Å². The van der Waals surface area contributed by atoms with E-state index in [1.807, 2.05) is 12.4 Å². The molecule has 0 saturated carbocycles. The lowest BCUT2D eigenvalue weighted by Gasteiger charge is -2.46. The van der Waals surface area contributed by atoms with Crippen molar-refractivity contribution in [1.29, 1.82) is 0 Å². The molecule has 1 aliphatic rings. The minimum absolute atomic E-state index is 0.191. The van der Waals surface area contributed by atoms with Crippen LogP contribution in [-0.2, 0) is 10.8 Å². The van der Waals surface area contributed by atoms with Crippen LogP contribution in [0.1, 0.15) is 49.9 Å². The van der Waals surface area contributed by atoms with E-state index >= 15 is 0 Å². The molecule has 1 aliphatic carbocycles. The highest BCUT2D eigenvalue weighted by molar-refractivity contribution is 6.14. The Morgan fingerprint density at radius 3 is 1.85 bits per heavy atom. The van der Waals surface area contributed by atoms with Crippen molar-refractivity contribution >= 4 is 49.8 Å². The SMILES string of the molecule is CC1(C)c2ccccc2C(C)(C)c2c(N(c3ccc(-c4cccc5ccccc45)cc3)c3ccc4oc5cccc(-c6ccccc6-c6ccncc6)c5c4c3)cccc21. The molecule has 0 saturated heterocycles. The molecule has 0 atom stereocenters. The molecule has 3 nitrogen and oxygen atoms in total. The molecule has 0 fully saturated rings. The number of pyridine rings is 1. The maximum atomic E-state index is 6.67. The molecule has 0 amide bonds. The Bertz CT molecular complexity index is 3260. The standard InChI is InChI=1S/C57H44N2O/c1-56(2)48-21-9-10-22-49(48)57(3,4)55-50(56)23-13-24-51(55)59(40-28-26-38(27-29-40)43-19-11-15-37-14-5-6-16-42(37)43)41-30-31-52-47(36-41)54-46(20-12-25-53(54)60-52)45-18-8-7-17-44(45)39-32-34-58-35-33-39/h5-36H,1-4H3. The van der Waals surface area contributed by atoms with Crippen LogP contribution in [0.25, 0.3) is 66.1 Å². The van der Waals surface area contributed by atoms with Crippen LogP contribution in [0.4, 0.5) is 17.1 Å². The van der Waals surface area contributed by atoms with Crippen LogP contribution in [0.15, 0.2) is 199 Å². The summed E-state index contributed by atoms with van der Waals surface area (Å²) in [5.41, 5.74) is 17.1. The average Bonchev–Trinajstić information content (AvgIpc) is 3.67. The van der Waals surface area contributed by atoms with Gasteiger partial charge in [-0.3, -0.25) is 4.98 Å². The van der Waals surface area contributed by atoms with Crippen molar-refractivity contribution in [2.45, 2.75) is 38.5 Å². The highest BCUT2D eigenvalue weighted by Crippen LogP contribution is 2.55. The first-order chi connectivity index (χ1) is 29.3. The number of rotatable bonds is 6. The highest BCUT2D eigenvalue weighted by Gasteiger charge is 2.43. The van der Waals surface area contributed by atoms with Crippen molar-refractivity contribution in [2.75, 3.05) is 4.90 Å². The normalized spacial score (nSPS) is 13.9. The first-order valence-corrected chi connectivity index (χ1v) is 20.9. The minimum atomic E-state index is -0.268. The molecule has 0 aliphatic heterocycles. The van der Waals surface area contributed by atoms with Gasteiger partial charge in [0.25, 0.3) is 0 Å². The molecule has 8 aromatic carbocycles. The van der Waals surface area contributed by atoms with Crippen molar-refractivity contribution in [3.05, 3.63) is 217 Å². The molecule has 60 heavy (non-hydrogen) atoms. The molecule has 288 valence electrons. The second-order valence-corrected chi connectivity index (χ2v) is 17.1. The number of hydrogen-bond acceptors (Lipinski definition) is 3. The van der Waals surface area contributed by atoms with Crippen LogP contribution in [0, 0.1) is 0 Å². The molecule has 0 spiro atoms. The topological polar surface area (TPSA) is 29.3 Å². The smallest absolute Gasteiger partial charge is 0.136 e. The Kier molecular flexibility index (Phi) is 8.18. The Morgan fingerprint density at radius 1 is 0.433 bits per heavy atom. The molecule has 0 unspecified atom stereocenters. The number of fused-ring (bicyclic) bond motifs is 6. The number of anilines is 3. The second kappa shape index (κ2) is 13.7. The van der Waals surface area contributed by atoms with Crippen LogP contribution in [0.2, 0.25) is 0 Å². The molecule has 10 aromatic rings. The summed E-state index contributed by atoms with van der Waals surface area (Å²) in [6, 6.07) is 66.2. The summed E-state index contributed by atoms with van der Waals surface area (Å²) < 4.78 is 6.67. The van der Waals surface area contributed by atoms with Crippen LogP contribution >= 0.6 is 0 Å². The van der Waals surface area contributed by atoms with E-state index in [2.05, 4.69) is 220 Å². The van der Waals surface area contributed by atoms with E-state index in [1.165, 1.54) is 49.8 Å². The third-order valence-electron chi connectivity index (χ3n) is 13.0. The third kappa shape index (κ3) is 5.53. The van der Waals surface area contributed by atoms with Gasteiger partial charge in [0.15, 0.2) is 0 Å². The zero-order chi connectivity index (χ0) is 40.6. The van der Waals surface area contributed by atoms with E-state index in [4.69, 9.17) is 4.42 Å². The van der Waals surface area contributed by atoms with E-state index in [0.29, 0.717) is 0 Å². The summed E-state index contributed by atoms with van der Waals surface area (Å²) in [6.45, 7) is 9.54. The highest BCUT2D eigenvalue weighted by atomic mass is 16.3. The van der Waals surface area contributed by atoms with Gasteiger partial charge in [-0.2, -0.15) is 0 Å². The van der Waals surface area contributed by atoms with Crippen molar-refractivity contribution in [3.63, 3.8) is 0 Å². The fourth-order valence-electron chi connectivity index (χ4n) is 10.1. The average molecular weight is 773 g/mol. The Labute approximate surface area is 351 Å². The lowest BCUT2D eigenvalue weighted by molar-refractivity contribution is 0.521. The number of hydrogen-bond donors (Lipinski definition) is 0. The lowest BCUT2D eigenvalue weighted by Crippen LogP contribution is -2.37. The molecule has 2 aromatic heterocycles. The summed E-state index contributed by atoms with van der Waals surface area (Å²) >= 11 is 0. The molecule has 11 rings (SSSR count). The first-order valence-electron chi connectivity index (χ1n) is 20.9. The van der Waals surface area contributed by atoms with Crippen molar-refractivity contribution in [1.82, 2.24) is 4.98 Å². The predicted molar refractivity (Wildman–Crippen MR) is 251 cm³/mol. The Balaban J connectivity index is 1.15. The number of aromatic nitrogens is 1. The molecule has 0 radical (unpaired) electrons. The maximum Gasteiger partial charge on any atom is 0.136 e. The van der Waals surface area contributed by atoms with Crippen LogP contribution in [0.3, 0.4) is 0 Å². The summed E-state index contributed by atoms with van der Waals surface area (Å²) in [5.74, 6) is 0. The van der Waals surface area contributed by atoms with Gasteiger partial charge in [-0.05, 0) is 121 Å². The predicted octanol–water partition coefficient (Wildman–Crippen LogP) is 15.6. The van der Waals surface area contributed by atoms with E-state index in [1.54, 1.807) is 0 Å². The zero-order valence-corrected chi connectivity index (χ0v) is 34.3. The largest absolute Gasteiger partial charge is 0.456 e. The van der Waals surface area contributed by atoms with Crippen LogP contribution in [0.5, 0.6) is 0 Å². The monoisotopic (exact) mass is 772 g/mol. The second-order valence-electron chi connectivity index (χ2n) is 17.1. The van der Waals surface area contributed by atoms with Gasteiger partial charge in [-0.1, -0.05) is 155 Å². The van der Waals surface area contributed by atoms with Gasteiger partial charge in [0, 0.05) is 45.4 Å². The van der Waals surface area contributed by atoms with E-state index < -0.39 is 0 Å². The van der Waals surface area contributed by atoms with Gasteiger partial charge in [-0.25, -0.2) is 0 Å². The maximum absolute atomic E-state index is 6.67. The third-order valence-corrected chi connectivity index (χ3v) is 13.0. The fourth-order valence-corrected chi connectivity index (χ4v) is 10.1. The summed E-state index contributed by atoms with van der Waals surface area (Å²) in [6.07, 6.45) is 3.72. The van der Waals surface area contributed by atoms with Gasteiger partial charge in [0.05, 0.1) is 5.69 Å². The molecule has 3 heteroatoms. The molecular weight excluding hydrogens is 729 g/mol. The van der Waals surface area contributed by atoms with Crippen molar-refractivity contribution < 1.29 is 4.42 Å². The van der Waals surface area contributed by atoms with Crippen molar-refractivity contribution in [2.24, 2.45) is 0 Å². The first kappa shape index (κ1) is 35.9. The van der Waals surface area contributed by atoms with Crippen LogP contribution < -0.4 is 4.90 Å². The van der Waals surface area contributed by atoms with Gasteiger partial charge in [-0.15, -0.1) is 0 Å². The summed E-state index contributed by atoms with van der Waals surface area (Å²) in [4.78, 5) is 6.77. The number of benzene rings is 8. The molecule has 0 N–H and O–H groups in total. The molecular formula is C57H44N2O. The van der Waals surface area contributed by atoms with Gasteiger partial charge in [0.2, 0.25) is 0 Å². The molecule has 2 heterocycles. The van der Waals surface area contributed by atoms with Crippen LogP contribution in [-0.4, -0.2) is 4.98 Å². The number of nitrogens with zero attached hydrogens (tertiary/aromatic N) is 2. The zero-order valence-electron chi connectivity index (χ0n) is 34.3. The van der Waals surface area contributed by atoms with E-state index in [0.717, 1.165) is 55.6 Å². The quantitative estimate of drug-likeness (QED) is 0.169. The van der Waals surface area contributed by atoms with Crippen molar-refractivity contribution in [3.8, 4) is 33.4 Å². The minimum Gasteiger partial charge on any atom is -0.456 e. The Hall–Kier alpha value is -7.23. The number of furan rings is 1. The fraction of sp³-hybridized carbons (Fsp3) is 0.105. The van der Waals surface area contributed by atoms with Gasteiger partial charge in [0.1, 0.15) is 11.2 Å². The molecule has 0 bridgehead atoms. The van der Waals surface area contributed by atoms with E-state index in [9.17, 15) is 0 Å².